The molecule has 1 aliphatic heterocycles. The summed E-state index contributed by atoms with van der Waals surface area (Å²) in [7, 11) is 1.69. The molecule has 0 unspecified atom stereocenters. The third kappa shape index (κ3) is 10.2. The quantitative estimate of drug-likeness (QED) is 0.350. The van der Waals surface area contributed by atoms with Crippen LogP contribution in [-0.2, 0) is 17.9 Å². The molecule has 4 rings (SSSR count). The lowest BCUT2D eigenvalue weighted by Crippen LogP contribution is -2.30. The Morgan fingerprint density at radius 2 is 1.51 bits per heavy atom. The van der Waals surface area contributed by atoms with Crippen molar-refractivity contribution in [1.82, 2.24) is 9.80 Å². The molecule has 7 nitrogen and oxygen atoms in total. The molecule has 0 aromatic heterocycles. The summed E-state index contributed by atoms with van der Waals surface area (Å²) < 4.78 is 50.8. The van der Waals surface area contributed by atoms with E-state index in [9.17, 15) is 22.4 Å². The number of halogens is 4. The van der Waals surface area contributed by atoms with E-state index in [4.69, 9.17) is 14.6 Å². The lowest BCUT2D eigenvalue weighted by molar-refractivity contribution is -0.192. The average molecular weight is 576 g/mol. The Kier molecular flexibility index (Phi) is 11.2. The van der Waals surface area contributed by atoms with E-state index in [1.165, 1.54) is 11.6 Å². The number of nitrogens with zero attached hydrogens (tertiary/aromatic N) is 2. The fourth-order valence-corrected chi connectivity index (χ4v) is 4.27. The predicted octanol–water partition coefficient (Wildman–Crippen LogP) is 5.74. The van der Waals surface area contributed by atoms with E-state index in [0.29, 0.717) is 16.8 Å². The fraction of sp³-hybridized carbons (Fsp3) is 0.333. The number of alkyl halides is 3. The maximum Gasteiger partial charge on any atom is 0.490 e. The van der Waals surface area contributed by atoms with Crippen molar-refractivity contribution in [3.8, 4) is 5.75 Å². The molecule has 1 saturated heterocycles. The van der Waals surface area contributed by atoms with Gasteiger partial charge in [-0.2, -0.15) is 13.2 Å². The first-order valence-corrected chi connectivity index (χ1v) is 13.0. The van der Waals surface area contributed by atoms with Gasteiger partial charge in [-0.3, -0.25) is 14.6 Å². The Morgan fingerprint density at radius 3 is 2.07 bits per heavy atom. The highest BCUT2D eigenvalue weighted by atomic mass is 19.4. The molecule has 41 heavy (non-hydrogen) atoms. The van der Waals surface area contributed by atoms with Gasteiger partial charge in [0.25, 0.3) is 5.91 Å². The molecule has 0 saturated carbocycles. The zero-order valence-corrected chi connectivity index (χ0v) is 22.9. The zero-order chi connectivity index (χ0) is 30.0. The van der Waals surface area contributed by atoms with Crippen LogP contribution in [0, 0.1) is 12.7 Å². The lowest BCUT2D eigenvalue weighted by Gasteiger charge is -2.22. The summed E-state index contributed by atoms with van der Waals surface area (Å²) in [4.78, 5) is 26.5. The molecule has 1 amide bonds. The largest absolute Gasteiger partial charge is 0.497 e. The third-order valence-corrected chi connectivity index (χ3v) is 6.51. The Hall–Kier alpha value is -3.96. The first kappa shape index (κ1) is 31.6. The van der Waals surface area contributed by atoms with Gasteiger partial charge in [0.1, 0.15) is 11.6 Å². The van der Waals surface area contributed by atoms with Gasteiger partial charge in [-0.15, -0.1) is 0 Å². The Morgan fingerprint density at radius 1 is 0.902 bits per heavy atom. The molecule has 0 aliphatic carbocycles. The van der Waals surface area contributed by atoms with Crippen molar-refractivity contribution in [2.45, 2.75) is 32.6 Å². The Labute approximate surface area is 236 Å². The van der Waals surface area contributed by atoms with Gasteiger partial charge in [0.2, 0.25) is 0 Å². The van der Waals surface area contributed by atoms with Gasteiger partial charge in [0.15, 0.2) is 0 Å². The van der Waals surface area contributed by atoms with Gasteiger partial charge in [-0.05, 0) is 79.5 Å². The van der Waals surface area contributed by atoms with Crippen molar-refractivity contribution in [2.75, 3.05) is 38.6 Å². The van der Waals surface area contributed by atoms with Crippen molar-refractivity contribution >= 4 is 17.6 Å². The number of benzene rings is 3. The molecule has 0 spiro atoms. The van der Waals surface area contributed by atoms with Crippen molar-refractivity contribution in [2.24, 2.45) is 0 Å². The van der Waals surface area contributed by atoms with Crippen LogP contribution in [-0.4, -0.2) is 66.2 Å². The van der Waals surface area contributed by atoms with Crippen molar-refractivity contribution in [3.05, 3.63) is 94.8 Å². The Bertz CT molecular complexity index is 1320. The molecule has 220 valence electrons. The highest BCUT2D eigenvalue weighted by Crippen LogP contribution is 2.18. The summed E-state index contributed by atoms with van der Waals surface area (Å²) in [5.41, 5.74) is 3.99. The predicted molar refractivity (Wildman–Crippen MR) is 147 cm³/mol. The molecule has 3 aromatic carbocycles. The average Bonchev–Trinajstić information content (AvgIpc) is 3.16. The minimum Gasteiger partial charge on any atom is -0.497 e. The zero-order valence-electron chi connectivity index (χ0n) is 22.9. The number of ether oxygens (including phenoxy) is 1. The maximum absolute atomic E-state index is 13.8. The molecule has 1 heterocycles. The highest BCUT2D eigenvalue weighted by molar-refractivity contribution is 6.04. The van der Waals surface area contributed by atoms with Crippen molar-refractivity contribution < 1.29 is 37.0 Å². The number of hydrogen-bond donors (Lipinski definition) is 2. The lowest BCUT2D eigenvalue weighted by atomic mass is 10.1. The van der Waals surface area contributed by atoms with Crippen molar-refractivity contribution in [3.63, 3.8) is 0 Å². The van der Waals surface area contributed by atoms with Crippen LogP contribution in [0.4, 0.5) is 23.2 Å². The summed E-state index contributed by atoms with van der Waals surface area (Å²) in [5.74, 6) is -2.43. The molecule has 1 fully saturated rings. The molecular weight excluding hydrogens is 542 g/mol. The van der Waals surface area contributed by atoms with Crippen molar-refractivity contribution in [1.29, 1.82) is 0 Å². The van der Waals surface area contributed by atoms with Gasteiger partial charge in [-0.25, -0.2) is 9.18 Å². The number of aryl methyl sites for hydroxylation is 1. The van der Waals surface area contributed by atoms with Crippen LogP contribution in [0.2, 0.25) is 0 Å². The van der Waals surface area contributed by atoms with Crippen LogP contribution in [0.1, 0.15) is 33.5 Å². The van der Waals surface area contributed by atoms with Crippen LogP contribution in [0.15, 0.2) is 66.7 Å². The summed E-state index contributed by atoms with van der Waals surface area (Å²) in [6, 6.07) is 20.7. The number of nitrogens with one attached hydrogen (secondary N) is 1. The number of carbonyl (C=O) groups is 2. The number of aliphatic carboxylic acids is 1. The van der Waals surface area contributed by atoms with Crippen LogP contribution in [0.3, 0.4) is 0 Å². The first-order valence-electron chi connectivity index (χ1n) is 13.0. The van der Waals surface area contributed by atoms with E-state index in [0.717, 1.165) is 57.0 Å². The maximum atomic E-state index is 13.8. The van der Waals surface area contributed by atoms with Gasteiger partial charge in [0.05, 0.1) is 7.11 Å². The topological polar surface area (TPSA) is 82.1 Å². The monoisotopic (exact) mass is 575 g/mol. The molecule has 1 aliphatic rings. The summed E-state index contributed by atoms with van der Waals surface area (Å²) in [6.07, 6.45) is -3.98. The van der Waals surface area contributed by atoms with Gasteiger partial charge >= 0.3 is 12.1 Å². The Balaban J connectivity index is 0.000000587. The third-order valence-electron chi connectivity index (χ3n) is 6.51. The van der Waals surface area contributed by atoms with E-state index in [2.05, 4.69) is 33.3 Å². The fourth-order valence-electron chi connectivity index (χ4n) is 4.27. The SMILES string of the molecule is COc1ccc(CN2CCCN(Cc3cccc(C(=O)Nc4ccc(C)c(F)c4)c3)CC2)cc1.O=C(O)C(F)(F)F. The molecular formula is C30H33F4N3O4. The van der Waals surface area contributed by atoms with Crippen LogP contribution in [0.5, 0.6) is 5.75 Å². The number of anilines is 1. The number of rotatable bonds is 7. The molecule has 0 atom stereocenters. The van der Waals surface area contributed by atoms with E-state index in [1.807, 2.05) is 24.3 Å². The molecule has 0 bridgehead atoms. The van der Waals surface area contributed by atoms with Gasteiger partial charge < -0.3 is 15.2 Å². The number of methoxy groups -OCH3 is 1. The minimum absolute atomic E-state index is 0.230. The standard InChI is InChI=1S/C28H32FN3O2.C2HF3O2/c1-21-7-10-25(18-27(21)29)30-28(33)24-6-3-5-23(17-24)20-32-14-4-13-31(15-16-32)19-22-8-11-26(34-2)12-9-22;3-2(4,5)1(6)7/h3,5-12,17-18H,4,13-16,19-20H2,1-2H3,(H,30,33);(H,6,7). The van der Waals surface area contributed by atoms with Crippen LogP contribution >= 0.6 is 0 Å². The van der Waals surface area contributed by atoms with Gasteiger partial charge in [0, 0.05) is 37.4 Å². The van der Waals surface area contributed by atoms with E-state index < -0.39 is 12.1 Å². The van der Waals surface area contributed by atoms with Crippen LogP contribution in [0.25, 0.3) is 0 Å². The molecule has 0 radical (unpaired) electrons. The number of amides is 1. The normalized spacial score (nSPS) is 14.4. The van der Waals surface area contributed by atoms with Crippen LogP contribution < -0.4 is 10.1 Å². The number of carbonyl (C=O) groups excluding carboxylic acids is 1. The number of hydrogen-bond acceptors (Lipinski definition) is 5. The van der Waals surface area contributed by atoms with Gasteiger partial charge in [-0.1, -0.05) is 30.3 Å². The minimum atomic E-state index is -5.08. The summed E-state index contributed by atoms with van der Waals surface area (Å²) in [6.45, 7) is 7.52. The second-order valence-corrected chi connectivity index (χ2v) is 9.68. The molecule has 2 N–H and O–H groups in total. The van der Waals surface area contributed by atoms with E-state index in [1.54, 1.807) is 32.2 Å². The summed E-state index contributed by atoms with van der Waals surface area (Å²) >= 11 is 0. The summed E-state index contributed by atoms with van der Waals surface area (Å²) in [5, 5.41) is 9.92. The molecule has 3 aromatic rings. The highest BCUT2D eigenvalue weighted by Gasteiger charge is 2.38. The smallest absolute Gasteiger partial charge is 0.490 e. The number of carboxylic acids is 1. The van der Waals surface area contributed by atoms with E-state index in [-0.39, 0.29) is 11.7 Å². The number of carboxylic acid groups (broad SMARTS) is 1. The second kappa shape index (κ2) is 14.6. The second-order valence-electron chi connectivity index (χ2n) is 9.68. The first-order chi connectivity index (χ1) is 19.4. The molecule has 11 heteroatoms. The van der Waals surface area contributed by atoms with E-state index >= 15 is 0 Å².